The summed E-state index contributed by atoms with van der Waals surface area (Å²) in [6, 6.07) is 4.63. The van der Waals surface area contributed by atoms with Crippen molar-refractivity contribution in [2.24, 2.45) is 5.92 Å². The topological polar surface area (TPSA) is 32.3 Å². The van der Waals surface area contributed by atoms with E-state index in [1.54, 1.807) is 13.0 Å². The van der Waals surface area contributed by atoms with Crippen LogP contribution < -0.4 is 5.32 Å². The molecule has 1 aliphatic rings. The van der Waals surface area contributed by atoms with Crippen molar-refractivity contribution in [3.63, 3.8) is 0 Å². The van der Waals surface area contributed by atoms with Gasteiger partial charge in [-0.15, -0.1) is 0 Å². The molecule has 0 aliphatic carbocycles. The number of halogens is 1. The maximum absolute atomic E-state index is 13.3. The van der Waals surface area contributed by atoms with Gasteiger partial charge in [0.05, 0.1) is 5.60 Å². The van der Waals surface area contributed by atoms with E-state index in [9.17, 15) is 9.50 Å². The van der Waals surface area contributed by atoms with Crippen molar-refractivity contribution >= 4 is 0 Å². The maximum atomic E-state index is 13.3. The van der Waals surface area contributed by atoms with Gasteiger partial charge < -0.3 is 10.4 Å². The summed E-state index contributed by atoms with van der Waals surface area (Å²) >= 11 is 0. The molecule has 1 aromatic rings. The maximum Gasteiger partial charge on any atom is 0.123 e. The zero-order chi connectivity index (χ0) is 12.5. The molecule has 94 valence electrons. The van der Waals surface area contributed by atoms with Crippen molar-refractivity contribution in [3.05, 3.63) is 35.1 Å². The fraction of sp³-hybridized carbons (Fsp3) is 0.571. The number of aliphatic hydroxyl groups is 1. The Kier molecular flexibility index (Phi) is 3.50. The number of hydrogen-bond acceptors (Lipinski definition) is 2. The van der Waals surface area contributed by atoms with Crippen LogP contribution in [-0.4, -0.2) is 18.2 Å². The van der Waals surface area contributed by atoms with Crippen LogP contribution in [0.3, 0.4) is 0 Å². The van der Waals surface area contributed by atoms with Crippen molar-refractivity contribution in [2.45, 2.75) is 32.3 Å². The van der Waals surface area contributed by atoms with Crippen LogP contribution in [0.15, 0.2) is 18.2 Å². The molecule has 0 amide bonds. The molecule has 0 spiro atoms. The fourth-order valence-electron chi connectivity index (χ4n) is 2.69. The lowest BCUT2D eigenvalue weighted by Gasteiger charge is -2.37. The first-order chi connectivity index (χ1) is 8.01. The van der Waals surface area contributed by atoms with E-state index in [1.807, 2.05) is 6.92 Å². The van der Waals surface area contributed by atoms with Crippen molar-refractivity contribution in [1.82, 2.24) is 5.32 Å². The molecule has 1 saturated heterocycles. The number of piperidine rings is 1. The molecule has 1 fully saturated rings. The molecule has 2 N–H and O–H groups in total. The summed E-state index contributed by atoms with van der Waals surface area (Å²) in [5, 5.41) is 14.0. The van der Waals surface area contributed by atoms with Crippen LogP contribution in [0, 0.1) is 18.7 Å². The Bertz CT molecular complexity index is 397. The van der Waals surface area contributed by atoms with Crippen LogP contribution in [0.25, 0.3) is 0 Å². The van der Waals surface area contributed by atoms with E-state index in [2.05, 4.69) is 5.32 Å². The average Bonchev–Trinajstić information content (AvgIpc) is 2.33. The molecule has 2 nitrogen and oxygen atoms in total. The molecule has 1 aromatic carbocycles. The van der Waals surface area contributed by atoms with Gasteiger partial charge in [-0.1, -0.05) is 6.07 Å². The molecular formula is C14H20FNO. The number of hydrogen-bond donors (Lipinski definition) is 2. The summed E-state index contributed by atoms with van der Waals surface area (Å²) in [5.74, 6) is -0.133. The van der Waals surface area contributed by atoms with Crippen molar-refractivity contribution < 1.29 is 9.50 Å². The second-order valence-electron chi connectivity index (χ2n) is 5.15. The Balaban J connectivity index is 2.32. The van der Waals surface area contributed by atoms with Gasteiger partial charge in [0.1, 0.15) is 5.82 Å². The second-order valence-corrected chi connectivity index (χ2v) is 5.15. The number of nitrogens with one attached hydrogen (secondary N) is 1. The molecule has 2 atom stereocenters. The highest BCUT2D eigenvalue weighted by Gasteiger charge is 2.35. The molecule has 1 heterocycles. The third-order valence-corrected chi connectivity index (χ3v) is 3.84. The number of rotatable bonds is 2. The quantitative estimate of drug-likeness (QED) is 0.827. The molecule has 1 aliphatic heterocycles. The molecule has 2 unspecified atom stereocenters. The van der Waals surface area contributed by atoms with Crippen LogP contribution in [-0.2, 0) is 5.60 Å². The van der Waals surface area contributed by atoms with Crippen molar-refractivity contribution in [3.8, 4) is 0 Å². The van der Waals surface area contributed by atoms with Crippen molar-refractivity contribution in [2.75, 3.05) is 13.1 Å². The second kappa shape index (κ2) is 4.75. The molecular weight excluding hydrogens is 217 g/mol. The predicted octanol–water partition coefficient (Wildman–Crippen LogP) is 2.34. The molecule has 3 heteroatoms. The fourth-order valence-corrected chi connectivity index (χ4v) is 2.69. The Labute approximate surface area is 102 Å². The molecule has 0 saturated carbocycles. The van der Waals surface area contributed by atoms with Gasteiger partial charge in [-0.3, -0.25) is 0 Å². The highest BCUT2D eigenvalue weighted by atomic mass is 19.1. The van der Waals surface area contributed by atoms with Crippen LogP contribution in [0.4, 0.5) is 4.39 Å². The van der Waals surface area contributed by atoms with Gasteiger partial charge in [-0.25, -0.2) is 4.39 Å². The lowest BCUT2D eigenvalue weighted by molar-refractivity contribution is -0.0164. The van der Waals surface area contributed by atoms with Crippen LogP contribution in [0.2, 0.25) is 0 Å². The lowest BCUT2D eigenvalue weighted by atomic mass is 9.77. The van der Waals surface area contributed by atoms with Gasteiger partial charge in [0.25, 0.3) is 0 Å². The van der Waals surface area contributed by atoms with E-state index in [-0.39, 0.29) is 11.7 Å². The number of aryl methyl sites for hydroxylation is 1. The van der Waals surface area contributed by atoms with Gasteiger partial charge in [0, 0.05) is 12.5 Å². The minimum atomic E-state index is -0.959. The minimum absolute atomic E-state index is 0.150. The molecule has 0 radical (unpaired) electrons. The molecule has 0 bridgehead atoms. The van der Waals surface area contributed by atoms with Crippen molar-refractivity contribution in [1.29, 1.82) is 0 Å². The zero-order valence-corrected chi connectivity index (χ0v) is 10.5. The Morgan fingerprint density at radius 2 is 2.24 bits per heavy atom. The predicted molar refractivity (Wildman–Crippen MR) is 66.3 cm³/mol. The standard InChI is InChI=1S/C14H20FNO/c1-10-5-6-12(15)8-13(10)14(2,17)11-4-3-7-16-9-11/h5-6,8,11,16-17H,3-4,7,9H2,1-2H3. The van der Waals surface area contributed by atoms with E-state index in [0.717, 1.165) is 31.5 Å². The van der Waals surface area contributed by atoms with Crippen LogP contribution >= 0.6 is 0 Å². The first-order valence-electron chi connectivity index (χ1n) is 6.21. The van der Waals surface area contributed by atoms with E-state index < -0.39 is 5.60 Å². The normalized spacial score (nSPS) is 24.4. The molecule has 2 rings (SSSR count). The van der Waals surface area contributed by atoms with Crippen LogP contribution in [0.5, 0.6) is 0 Å². The summed E-state index contributed by atoms with van der Waals surface area (Å²) in [4.78, 5) is 0. The Morgan fingerprint density at radius 3 is 2.88 bits per heavy atom. The van der Waals surface area contributed by atoms with Gasteiger partial charge in [-0.2, -0.15) is 0 Å². The highest BCUT2D eigenvalue weighted by molar-refractivity contribution is 5.32. The summed E-state index contributed by atoms with van der Waals surface area (Å²) in [7, 11) is 0. The smallest absolute Gasteiger partial charge is 0.123 e. The summed E-state index contributed by atoms with van der Waals surface area (Å²) in [5.41, 5.74) is 0.702. The first-order valence-corrected chi connectivity index (χ1v) is 6.21. The third kappa shape index (κ3) is 2.50. The zero-order valence-electron chi connectivity index (χ0n) is 10.5. The number of benzene rings is 1. The highest BCUT2D eigenvalue weighted by Crippen LogP contribution is 2.35. The first kappa shape index (κ1) is 12.5. The third-order valence-electron chi connectivity index (χ3n) is 3.84. The van der Waals surface area contributed by atoms with E-state index >= 15 is 0 Å². The van der Waals surface area contributed by atoms with Crippen LogP contribution in [0.1, 0.15) is 30.9 Å². The minimum Gasteiger partial charge on any atom is -0.385 e. The Morgan fingerprint density at radius 1 is 1.47 bits per heavy atom. The van der Waals surface area contributed by atoms with E-state index in [4.69, 9.17) is 0 Å². The largest absolute Gasteiger partial charge is 0.385 e. The SMILES string of the molecule is Cc1ccc(F)cc1C(C)(O)C1CCCNC1. The summed E-state index contributed by atoms with van der Waals surface area (Å²) in [6.45, 7) is 5.52. The lowest BCUT2D eigenvalue weighted by Crippen LogP contribution is -2.42. The summed E-state index contributed by atoms with van der Waals surface area (Å²) < 4.78 is 13.3. The molecule has 0 aromatic heterocycles. The van der Waals surface area contributed by atoms with Gasteiger partial charge in [0.2, 0.25) is 0 Å². The Hall–Kier alpha value is -0.930. The monoisotopic (exact) mass is 237 g/mol. The van der Waals surface area contributed by atoms with E-state index in [1.165, 1.54) is 12.1 Å². The van der Waals surface area contributed by atoms with Gasteiger partial charge in [-0.05, 0) is 56.5 Å². The average molecular weight is 237 g/mol. The van der Waals surface area contributed by atoms with E-state index in [0.29, 0.717) is 5.56 Å². The van der Waals surface area contributed by atoms with Gasteiger partial charge in [0.15, 0.2) is 0 Å². The van der Waals surface area contributed by atoms with Gasteiger partial charge >= 0.3 is 0 Å². The molecule has 17 heavy (non-hydrogen) atoms. The summed E-state index contributed by atoms with van der Waals surface area (Å²) in [6.07, 6.45) is 2.05.